The molecule has 5 nitrogen and oxygen atoms in total. The third-order valence-electron chi connectivity index (χ3n) is 4.17. The summed E-state index contributed by atoms with van der Waals surface area (Å²) in [6, 6.07) is 5.73. The molecule has 0 aliphatic heterocycles. The topological polar surface area (TPSA) is 69.0 Å². The van der Waals surface area contributed by atoms with Crippen LogP contribution < -0.4 is 5.32 Å². The molecule has 1 fully saturated rings. The monoisotopic (exact) mass is 286 g/mol. The van der Waals surface area contributed by atoms with E-state index in [9.17, 15) is 4.79 Å². The molecule has 5 heteroatoms. The van der Waals surface area contributed by atoms with E-state index >= 15 is 0 Å². The summed E-state index contributed by atoms with van der Waals surface area (Å²) in [7, 11) is 3.60. The normalized spacial score (nSPS) is 16.3. The van der Waals surface area contributed by atoms with Gasteiger partial charge in [0.25, 0.3) is 0 Å². The van der Waals surface area contributed by atoms with Gasteiger partial charge in [0.15, 0.2) is 0 Å². The first-order chi connectivity index (χ1) is 9.98. The lowest BCUT2D eigenvalue weighted by Gasteiger charge is -2.31. The number of aromatic nitrogens is 1. The van der Waals surface area contributed by atoms with E-state index in [1.54, 1.807) is 25.1 Å². The van der Waals surface area contributed by atoms with Gasteiger partial charge in [0.2, 0.25) is 5.91 Å². The Morgan fingerprint density at radius 2 is 2.10 bits per heavy atom. The lowest BCUT2D eigenvalue weighted by molar-refractivity contribution is -0.138. The number of rotatable bonds is 4. The molecular formula is C16H22N4O. The fourth-order valence-electron chi connectivity index (χ4n) is 3.03. The van der Waals surface area contributed by atoms with Crippen molar-refractivity contribution in [3.8, 4) is 6.07 Å². The molecule has 0 aromatic carbocycles. The Kier molecular flexibility index (Phi) is 4.46. The van der Waals surface area contributed by atoms with Crippen LogP contribution in [-0.4, -0.2) is 36.4 Å². The van der Waals surface area contributed by atoms with Crippen LogP contribution in [0.3, 0.4) is 0 Å². The van der Waals surface area contributed by atoms with E-state index in [4.69, 9.17) is 5.26 Å². The molecule has 2 rings (SSSR count). The van der Waals surface area contributed by atoms with Crippen LogP contribution in [0.5, 0.6) is 0 Å². The molecule has 0 atom stereocenters. The maximum Gasteiger partial charge on any atom is 0.230 e. The summed E-state index contributed by atoms with van der Waals surface area (Å²) in [5.41, 5.74) is 1.02. The van der Waals surface area contributed by atoms with Gasteiger partial charge < -0.3 is 10.2 Å². The third-order valence-corrected chi connectivity index (χ3v) is 4.17. The number of amides is 1. The number of pyridine rings is 1. The van der Waals surface area contributed by atoms with Crippen molar-refractivity contribution >= 4 is 11.7 Å². The Morgan fingerprint density at radius 1 is 1.43 bits per heavy atom. The van der Waals surface area contributed by atoms with Gasteiger partial charge in [-0.1, -0.05) is 12.8 Å². The Hall–Kier alpha value is -2.09. The van der Waals surface area contributed by atoms with E-state index in [0.29, 0.717) is 17.9 Å². The predicted octanol–water partition coefficient (Wildman–Crippen LogP) is 2.32. The van der Waals surface area contributed by atoms with Gasteiger partial charge in [-0.15, -0.1) is 0 Å². The second-order valence-electron chi connectivity index (χ2n) is 6.00. The molecule has 1 aromatic heterocycles. The van der Waals surface area contributed by atoms with Gasteiger partial charge in [0, 0.05) is 26.3 Å². The van der Waals surface area contributed by atoms with Crippen LogP contribution in [0.2, 0.25) is 0 Å². The molecule has 1 saturated carbocycles. The lowest BCUT2D eigenvalue weighted by Crippen LogP contribution is -2.43. The van der Waals surface area contributed by atoms with Crippen LogP contribution in [0.4, 0.5) is 5.82 Å². The Bertz CT molecular complexity index is 568. The third kappa shape index (κ3) is 3.15. The fourth-order valence-corrected chi connectivity index (χ4v) is 3.03. The molecule has 1 N–H and O–H groups in total. The summed E-state index contributed by atoms with van der Waals surface area (Å²) < 4.78 is 0. The number of aryl methyl sites for hydroxylation is 1. The van der Waals surface area contributed by atoms with Crippen molar-refractivity contribution in [3.63, 3.8) is 0 Å². The van der Waals surface area contributed by atoms with Gasteiger partial charge >= 0.3 is 0 Å². The molecule has 112 valence electrons. The van der Waals surface area contributed by atoms with Crippen LogP contribution in [0.15, 0.2) is 12.1 Å². The molecule has 1 aromatic rings. The van der Waals surface area contributed by atoms with Crippen molar-refractivity contribution in [1.29, 1.82) is 5.26 Å². The molecule has 1 amide bonds. The van der Waals surface area contributed by atoms with Crippen LogP contribution in [0, 0.1) is 23.7 Å². The van der Waals surface area contributed by atoms with E-state index in [2.05, 4.69) is 16.4 Å². The highest BCUT2D eigenvalue weighted by Gasteiger charge is 2.42. The number of nitrogens with one attached hydrogen (secondary N) is 1. The van der Waals surface area contributed by atoms with Crippen LogP contribution in [0.1, 0.15) is 36.9 Å². The molecule has 0 spiro atoms. The summed E-state index contributed by atoms with van der Waals surface area (Å²) >= 11 is 0. The zero-order valence-corrected chi connectivity index (χ0v) is 12.9. The zero-order valence-electron chi connectivity index (χ0n) is 12.9. The summed E-state index contributed by atoms with van der Waals surface area (Å²) in [5, 5.41) is 12.4. The van der Waals surface area contributed by atoms with Gasteiger partial charge in [-0.2, -0.15) is 5.26 Å². The standard InChI is InChI=1S/C16H22N4O/c1-12-6-7-13(10-17)14(19-12)18-11-16(8-4-5-9-16)15(21)20(2)3/h6-7H,4-5,8-9,11H2,1-3H3,(H,18,19). The first kappa shape index (κ1) is 15.3. The van der Waals surface area contributed by atoms with Crippen molar-refractivity contribution in [2.45, 2.75) is 32.6 Å². The smallest absolute Gasteiger partial charge is 0.230 e. The molecule has 0 bridgehead atoms. The number of nitriles is 1. The summed E-state index contributed by atoms with van der Waals surface area (Å²) in [4.78, 5) is 18.6. The molecule has 1 aliphatic carbocycles. The van der Waals surface area contributed by atoms with Gasteiger partial charge in [-0.25, -0.2) is 4.98 Å². The molecule has 0 unspecified atom stereocenters. The van der Waals surface area contributed by atoms with Crippen molar-refractivity contribution in [2.75, 3.05) is 26.0 Å². The van der Waals surface area contributed by atoms with Crippen LogP contribution >= 0.6 is 0 Å². The van der Waals surface area contributed by atoms with Gasteiger partial charge in [0.05, 0.1) is 11.0 Å². The lowest BCUT2D eigenvalue weighted by atomic mass is 9.84. The minimum absolute atomic E-state index is 0.165. The number of carbonyl (C=O) groups excluding carboxylic acids is 1. The molecule has 21 heavy (non-hydrogen) atoms. The maximum absolute atomic E-state index is 12.5. The molecule has 1 heterocycles. The molecule has 0 radical (unpaired) electrons. The highest BCUT2D eigenvalue weighted by molar-refractivity contribution is 5.83. The Labute approximate surface area is 126 Å². The molecule has 0 saturated heterocycles. The number of hydrogen-bond donors (Lipinski definition) is 1. The Balaban J connectivity index is 2.19. The number of anilines is 1. The molecular weight excluding hydrogens is 264 g/mol. The van der Waals surface area contributed by atoms with Crippen molar-refractivity contribution in [1.82, 2.24) is 9.88 Å². The number of hydrogen-bond acceptors (Lipinski definition) is 4. The van der Waals surface area contributed by atoms with E-state index in [0.717, 1.165) is 31.4 Å². The zero-order chi connectivity index (χ0) is 15.5. The first-order valence-electron chi connectivity index (χ1n) is 7.32. The van der Waals surface area contributed by atoms with Crippen molar-refractivity contribution in [3.05, 3.63) is 23.4 Å². The largest absolute Gasteiger partial charge is 0.368 e. The average molecular weight is 286 g/mol. The second kappa shape index (κ2) is 6.13. The number of nitrogens with zero attached hydrogens (tertiary/aromatic N) is 3. The minimum atomic E-state index is -0.359. The van der Waals surface area contributed by atoms with E-state index in [1.807, 2.05) is 13.0 Å². The minimum Gasteiger partial charge on any atom is -0.368 e. The summed E-state index contributed by atoms with van der Waals surface area (Å²) in [6.45, 7) is 2.43. The Morgan fingerprint density at radius 3 is 2.67 bits per heavy atom. The maximum atomic E-state index is 12.5. The average Bonchev–Trinajstić information content (AvgIpc) is 2.94. The number of carbonyl (C=O) groups is 1. The second-order valence-corrected chi connectivity index (χ2v) is 6.00. The summed E-state index contributed by atoms with van der Waals surface area (Å²) in [6.07, 6.45) is 3.94. The van der Waals surface area contributed by atoms with E-state index < -0.39 is 0 Å². The summed E-state index contributed by atoms with van der Waals surface area (Å²) in [5.74, 6) is 0.744. The predicted molar refractivity (Wildman–Crippen MR) is 81.8 cm³/mol. The first-order valence-corrected chi connectivity index (χ1v) is 7.32. The quantitative estimate of drug-likeness (QED) is 0.922. The van der Waals surface area contributed by atoms with E-state index in [-0.39, 0.29) is 11.3 Å². The highest BCUT2D eigenvalue weighted by atomic mass is 16.2. The van der Waals surface area contributed by atoms with Crippen molar-refractivity contribution in [2.24, 2.45) is 5.41 Å². The fraction of sp³-hybridized carbons (Fsp3) is 0.562. The van der Waals surface area contributed by atoms with Gasteiger partial charge in [0.1, 0.15) is 11.9 Å². The van der Waals surface area contributed by atoms with E-state index in [1.165, 1.54) is 0 Å². The highest BCUT2D eigenvalue weighted by Crippen LogP contribution is 2.39. The van der Waals surface area contributed by atoms with Crippen molar-refractivity contribution < 1.29 is 4.79 Å². The van der Waals surface area contributed by atoms with Gasteiger partial charge in [-0.05, 0) is 31.9 Å². The van der Waals surface area contributed by atoms with Crippen LogP contribution in [-0.2, 0) is 4.79 Å². The van der Waals surface area contributed by atoms with Crippen LogP contribution in [0.25, 0.3) is 0 Å². The molecule has 1 aliphatic rings. The van der Waals surface area contributed by atoms with Gasteiger partial charge in [-0.3, -0.25) is 4.79 Å². The SMILES string of the molecule is Cc1ccc(C#N)c(NCC2(C(=O)N(C)C)CCCC2)n1.